The molecule has 0 aromatic heterocycles. The highest BCUT2D eigenvalue weighted by molar-refractivity contribution is 5.98. The smallest absolute Gasteiger partial charge is 0.321 e. The summed E-state index contributed by atoms with van der Waals surface area (Å²) in [5.74, 6) is 0.344. The predicted molar refractivity (Wildman–Crippen MR) is 95.7 cm³/mol. The van der Waals surface area contributed by atoms with Crippen LogP contribution in [0.2, 0.25) is 0 Å². The number of amides is 3. The quantitative estimate of drug-likeness (QED) is 0.812. The molecule has 3 amide bonds. The molecule has 2 atom stereocenters. The maximum Gasteiger partial charge on any atom is 0.321 e. The summed E-state index contributed by atoms with van der Waals surface area (Å²) >= 11 is 0. The van der Waals surface area contributed by atoms with E-state index in [1.165, 1.54) is 0 Å². The minimum absolute atomic E-state index is 0.0406. The first-order valence-electron chi connectivity index (χ1n) is 8.70. The van der Waals surface area contributed by atoms with Gasteiger partial charge in [0.25, 0.3) is 5.91 Å². The van der Waals surface area contributed by atoms with Gasteiger partial charge in [0, 0.05) is 56.5 Å². The standard InChI is InChI=1S/C18H26N4O3/c1-20(2)9-14-10-21(11-15(14)12-23)17(24)13-4-3-5-16(8-13)22-7-6-19-18(22)25/h3-5,8,14-15,23H,6-7,9-12H2,1-2H3,(H,19,25). The number of anilines is 1. The number of benzene rings is 1. The molecule has 1 aromatic rings. The van der Waals surface area contributed by atoms with Crippen molar-refractivity contribution in [2.75, 3.05) is 58.3 Å². The molecule has 2 aliphatic rings. The molecule has 0 radical (unpaired) electrons. The Balaban J connectivity index is 1.74. The Kier molecular flexibility index (Phi) is 5.24. The first-order chi connectivity index (χ1) is 12.0. The van der Waals surface area contributed by atoms with E-state index in [4.69, 9.17) is 0 Å². The Morgan fingerprint density at radius 2 is 2.08 bits per heavy atom. The van der Waals surface area contributed by atoms with Crippen molar-refractivity contribution < 1.29 is 14.7 Å². The average Bonchev–Trinajstić information content (AvgIpc) is 3.20. The fourth-order valence-electron chi connectivity index (χ4n) is 3.69. The van der Waals surface area contributed by atoms with Crippen LogP contribution < -0.4 is 10.2 Å². The largest absolute Gasteiger partial charge is 0.396 e. The summed E-state index contributed by atoms with van der Waals surface area (Å²) in [6, 6.07) is 7.09. The number of nitrogens with one attached hydrogen (secondary N) is 1. The van der Waals surface area contributed by atoms with Gasteiger partial charge in [0.15, 0.2) is 0 Å². The van der Waals surface area contributed by atoms with Crippen molar-refractivity contribution in [1.29, 1.82) is 0 Å². The first-order valence-corrected chi connectivity index (χ1v) is 8.70. The molecule has 0 aliphatic carbocycles. The van der Waals surface area contributed by atoms with Crippen molar-refractivity contribution in [3.05, 3.63) is 29.8 Å². The molecule has 2 fully saturated rings. The van der Waals surface area contributed by atoms with Crippen molar-refractivity contribution in [3.8, 4) is 0 Å². The summed E-state index contributed by atoms with van der Waals surface area (Å²) in [6.07, 6.45) is 0. The zero-order valence-corrected chi connectivity index (χ0v) is 14.8. The monoisotopic (exact) mass is 346 g/mol. The molecule has 2 aliphatic heterocycles. The lowest BCUT2D eigenvalue weighted by molar-refractivity contribution is 0.0779. The molecular formula is C18H26N4O3. The lowest BCUT2D eigenvalue weighted by atomic mass is 9.97. The topological polar surface area (TPSA) is 76.1 Å². The van der Waals surface area contributed by atoms with E-state index in [-0.39, 0.29) is 30.4 Å². The average molecular weight is 346 g/mol. The number of hydrogen-bond acceptors (Lipinski definition) is 4. The fraction of sp³-hybridized carbons (Fsp3) is 0.556. The highest BCUT2D eigenvalue weighted by atomic mass is 16.3. The third kappa shape index (κ3) is 3.77. The van der Waals surface area contributed by atoms with E-state index >= 15 is 0 Å². The van der Waals surface area contributed by atoms with Crippen LogP contribution in [0.25, 0.3) is 0 Å². The zero-order chi connectivity index (χ0) is 18.0. The molecule has 136 valence electrons. The summed E-state index contributed by atoms with van der Waals surface area (Å²) in [5.41, 5.74) is 1.32. The maximum atomic E-state index is 12.9. The van der Waals surface area contributed by atoms with Crippen LogP contribution >= 0.6 is 0 Å². The van der Waals surface area contributed by atoms with Crippen molar-refractivity contribution in [2.45, 2.75) is 0 Å². The molecular weight excluding hydrogens is 320 g/mol. The zero-order valence-electron chi connectivity index (χ0n) is 14.8. The number of rotatable bonds is 5. The van der Waals surface area contributed by atoms with Gasteiger partial charge in [0.05, 0.1) is 0 Å². The van der Waals surface area contributed by atoms with Crippen LogP contribution in [0.5, 0.6) is 0 Å². The SMILES string of the molecule is CN(C)CC1CN(C(=O)c2cccc(N3CCNC3=O)c2)CC1CO. The summed E-state index contributed by atoms with van der Waals surface area (Å²) in [6.45, 7) is 3.39. The van der Waals surface area contributed by atoms with Gasteiger partial charge in [-0.15, -0.1) is 0 Å². The number of aliphatic hydroxyl groups excluding tert-OH is 1. The van der Waals surface area contributed by atoms with Crippen molar-refractivity contribution in [1.82, 2.24) is 15.1 Å². The van der Waals surface area contributed by atoms with Gasteiger partial charge in [-0.3, -0.25) is 9.69 Å². The molecule has 25 heavy (non-hydrogen) atoms. The number of hydrogen-bond donors (Lipinski definition) is 2. The molecule has 0 spiro atoms. The van der Waals surface area contributed by atoms with Gasteiger partial charge in [-0.25, -0.2) is 4.79 Å². The van der Waals surface area contributed by atoms with Gasteiger partial charge in [-0.1, -0.05) is 6.07 Å². The molecule has 2 saturated heterocycles. The molecule has 2 heterocycles. The van der Waals surface area contributed by atoms with Crippen LogP contribution in [0.3, 0.4) is 0 Å². The summed E-state index contributed by atoms with van der Waals surface area (Å²) < 4.78 is 0. The Morgan fingerprint density at radius 1 is 1.32 bits per heavy atom. The molecule has 3 rings (SSSR count). The number of urea groups is 1. The van der Waals surface area contributed by atoms with Crippen LogP contribution in [0, 0.1) is 11.8 Å². The van der Waals surface area contributed by atoms with Gasteiger partial charge in [0.2, 0.25) is 0 Å². The van der Waals surface area contributed by atoms with Gasteiger partial charge in [-0.05, 0) is 38.2 Å². The van der Waals surface area contributed by atoms with Crippen LogP contribution in [-0.4, -0.2) is 80.3 Å². The predicted octanol–water partition coefficient (Wildman–Crippen LogP) is 0.458. The van der Waals surface area contributed by atoms with E-state index in [0.717, 1.165) is 12.2 Å². The second-order valence-electron chi connectivity index (χ2n) is 7.11. The van der Waals surface area contributed by atoms with E-state index in [0.29, 0.717) is 31.7 Å². The number of nitrogens with zero attached hydrogens (tertiary/aromatic N) is 3. The molecule has 0 bridgehead atoms. The number of likely N-dealkylation sites (tertiary alicyclic amines) is 1. The third-order valence-corrected chi connectivity index (χ3v) is 4.96. The normalized spacial score (nSPS) is 23.4. The van der Waals surface area contributed by atoms with E-state index in [1.807, 2.05) is 31.1 Å². The van der Waals surface area contributed by atoms with E-state index in [9.17, 15) is 14.7 Å². The van der Waals surface area contributed by atoms with Crippen molar-refractivity contribution in [2.24, 2.45) is 11.8 Å². The van der Waals surface area contributed by atoms with Crippen molar-refractivity contribution >= 4 is 17.6 Å². The van der Waals surface area contributed by atoms with Crippen LogP contribution in [-0.2, 0) is 0 Å². The Hall–Kier alpha value is -2.12. The van der Waals surface area contributed by atoms with Crippen LogP contribution in [0.15, 0.2) is 24.3 Å². The Bertz CT molecular complexity index is 649. The molecule has 2 unspecified atom stereocenters. The van der Waals surface area contributed by atoms with Gasteiger partial charge < -0.3 is 20.2 Å². The maximum absolute atomic E-state index is 12.9. The highest BCUT2D eigenvalue weighted by Gasteiger charge is 2.35. The molecule has 7 nitrogen and oxygen atoms in total. The van der Waals surface area contributed by atoms with Crippen molar-refractivity contribution in [3.63, 3.8) is 0 Å². The lowest BCUT2D eigenvalue weighted by Gasteiger charge is -2.20. The van der Waals surface area contributed by atoms with Gasteiger partial charge in [-0.2, -0.15) is 0 Å². The third-order valence-electron chi connectivity index (χ3n) is 4.96. The van der Waals surface area contributed by atoms with E-state index in [2.05, 4.69) is 10.2 Å². The summed E-state index contributed by atoms with van der Waals surface area (Å²) in [7, 11) is 4.01. The fourth-order valence-corrected chi connectivity index (χ4v) is 3.69. The summed E-state index contributed by atoms with van der Waals surface area (Å²) in [4.78, 5) is 30.3. The second-order valence-corrected chi connectivity index (χ2v) is 7.11. The van der Waals surface area contributed by atoms with Gasteiger partial charge in [0.1, 0.15) is 0 Å². The van der Waals surface area contributed by atoms with E-state index in [1.54, 1.807) is 17.0 Å². The first kappa shape index (κ1) is 17.7. The molecule has 1 aromatic carbocycles. The minimum Gasteiger partial charge on any atom is -0.396 e. The lowest BCUT2D eigenvalue weighted by Crippen LogP contribution is -2.31. The van der Waals surface area contributed by atoms with Crippen LogP contribution in [0.4, 0.5) is 10.5 Å². The Labute approximate surface area is 148 Å². The number of carbonyl (C=O) groups excluding carboxylic acids is 2. The Morgan fingerprint density at radius 3 is 2.72 bits per heavy atom. The van der Waals surface area contributed by atoms with Gasteiger partial charge >= 0.3 is 6.03 Å². The molecule has 2 N–H and O–H groups in total. The molecule has 7 heteroatoms. The van der Waals surface area contributed by atoms with Crippen LogP contribution in [0.1, 0.15) is 10.4 Å². The molecule has 0 saturated carbocycles. The highest BCUT2D eigenvalue weighted by Crippen LogP contribution is 2.26. The second kappa shape index (κ2) is 7.41. The summed E-state index contributed by atoms with van der Waals surface area (Å²) in [5, 5.41) is 12.4. The number of aliphatic hydroxyl groups is 1. The number of carbonyl (C=O) groups is 2. The van der Waals surface area contributed by atoms with E-state index < -0.39 is 0 Å². The minimum atomic E-state index is -0.128.